The van der Waals surface area contributed by atoms with E-state index in [1.807, 2.05) is 12.1 Å². The van der Waals surface area contributed by atoms with E-state index in [-0.39, 0.29) is 0 Å². The molecule has 1 aliphatic heterocycles. The summed E-state index contributed by atoms with van der Waals surface area (Å²) in [5, 5.41) is 0. The van der Waals surface area contributed by atoms with Gasteiger partial charge in [-0.25, -0.2) is 4.98 Å². The Labute approximate surface area is 126 Å². The molecule has 1 fully saturated rings. The van der Waals surface area contributed by atoms with E-state index in [4.69, 9.17) is 16.3 Å². The fraction of sp³-hybridized carbons (Fsp3) is 0.500. The van der Waals surface area contributed by atoms with E-state index < -0.39 is 0 Å². The van der Waals surface area contributed by atoms with Gasteiger partial charge in [0.25, 0.3) is 0 Å². The van der Waals surface area contributed by atoms with Crippen molar-refractivity contribution < 1.29 is 4.74 Å². The molecule has 0 atom stereocenters. The van der Waals surface area contributed by atoms with Crippen molar-refractivity contribution in [1.82, 2.24) is 9.55 Å². The number of hydrogen-bond acceptors (Lipinski definition) is 2. The summed E-state index contributed by atoms with van der Waals surface area (Å²) in [4.78, 5) is 4.62. The van der Waals surface area contributed by atoms with Crippen molar-refractivity contribution in [2.24, 2.45) is 5.92 Å². The molecule has 5 heteroatoms. The van der Waals surface area contributed by atoms with Crippen molar-refractivity contribution in [3.05, 3.63) is 28.5 Å². The highest BCUT2D eigenvalue weighted by atomic mass is 79.9. The summed E-state index contributed by atoms with van der Waals surface area (Å²) in [7, 11) is 0. The average Bonchev–Trinajstić information content (AvgIpc) is 2.78. The first kappa shape index (κ1) is 13.4. The zero-order valence-electron chi connectivity index (χ0n) is 10.6. The Morgan fingerprint density at radius 2 is 2.16 bits per heavy atom. The van der Waals surface area contributed by atoms with Gasteiger partial charge < -0.3 is 9.30 Å². The molecule has 0 saturated carbocycles. The van der Waals surface area contributed by atoms with Gasteiger partial charge in [0.2, 0.25) is 0 Å². The molecule has 2 aromatic rings. The van der Waals surface area contributed by atoms with E-state index in [2.05, 4.69) is 31.5 Å². The van der Waals surface area contributed by atoms with Crippen LogP contribution in [0.1, 0.15) is 18.7 Å². The second-order valence-electron chi connectivity index (χ2n) is 4.96. The molecule has 0 radical (unpaired) electrons. The van der Waals surface area contributed by atoms with E-state index >= 15 is 0 Å². The minimum absolute atomic E-state index is 0.454. The van der Waals surface area contributed by atoms with Crippen molar-refractivity contribution in [1.29, 1.82) is 0 Å². The van der Waals surface area contributed by atoms with Crippen LogP contribution >= 0.6 is 27.5 Å². The zero-order valence-corrected chi connectivity index (χ0v) is 13.0. The lowest BCUT2D eigenvalue weighted by Crippen LogP contribution is -2.21. The first-order valence-electron chi connectivity index (χ1n) is 6.56. The Morgan fingerprint density at radius 3 is 2.89 bits per heavy atom. The van der Waals surface area contributed by atoms with Gasteiger partial charge in [0.15, 0.2) is 0 Å². The van der Waals surface area contributed by atoms with E-state index in [1.54, 1.807) is 0 Å². The van der Waals surface area contributed by atoms with Crippen molar-refractivity contribution in [2.75, 3.05) is 13.2 Å². The summed E-state index contributed by atoms with van der Waals surface area (Å²) in [6, 6.07) is 6.18. The predicted octanol–water partition coefficient (Wildman–Crippen LogP) is 3.96. The van der Waals surface area contributed by atoms with E-state index in [0.29, 0.717) is 11.8 Å². The standard InChI is InChI=1S/C14H16BrClN2O/c15-11-1-2-12-13(7-11)18(14(8-16)17-12)9-10-3-5-19-6-4-10/h1-2,7,10H,3-6,8-9H2. The number of rotatable bonds is 3. The van der Waals surface area contributed by atoms with Crippen LogP contribution in [0, 0.1) is 5.92 Å². The second-order valence-corrected chi connectivity index (χ2v) is 6.14. The van der Waals surface area contributed by atoms with E-state index in [0.717, 1.165) is 53.9 Å². The molecule has 2 heterocycles. The fourth-order valence-electron chi connectivity index (χ4n) is 2.64. The van der Waals surface area contributed by atoms with Crippen LogP contribution in [0.5, 0.6) is 0 Å². The van der Waals surface area contributed by atoms with Crippen molar-refractivity contribution in [2.45, 2.75) is 25.3 Å². The molecule has 102 valence electrons. The van der Waals surface area contributed by atoms with Crippen molar-refractivity contribution >= 4 is 38.6 Å². The van der Waals surface area contributed by atoms with Gasteiger partial charge in [0.1, 0.15) is 5.82 Å². The van der Waals surface area contributed by atoms with Crippen LogP contribution in [0.4, 0.5) is 0 Å². The molecule has 19 heavy (non-hydrogen) atoms. The maximum atomic E-state index is 6.04. The lowest BCUT2D eigenvalue weighted by Gasteiger charge is -2.23. The van der Waals surface area contributed by atoms with Gasteiger partial charge >= 0.3 is 0 Å². The third-order valence-corrected chi connectivity index (χ3v) is 4.42. The Morgan fingerprint density at radius 1 is 1.37 bits per heavy atom. The summed E-state index contributed by atoms with van der Waals surface area (Å²) in [6.45, 7) is 2.73. The topological polar surface area (TPSA) is 27.1 Å². The smallest absolute Gasteiger partial charge is 0.124 e. The Hall–Kier alpha value is -0.580. The van der Waals surface area contributed by atoms with Crippen LogP contribution in [-0.4, -0.2) is 22.8 Å². The number of aromatic nitrogens is 2. The van der Waals surface area contributed by atoms with E-state index in [1.165, 1.54) is 0 Å². The summed E-state index contributed by atoms with van der Waals surface area (Å²) in [6.07, 6.45) is 2.24. The molecule has 0 N–H and O–H groups in total. The minimum Gasteiger partial charge on any atom is -0.381 e. The van der Waals surface area contributed by atoms with Gasteiger partial charge in [-0.15, -0.1) is 11.6 Å². The summed E-state index contributed by atoms with van der Waals surface area (Å²) < 4.78 is 8.77. The molecule has 0 bridgehead atoms. The van der Waals surface area contributed by atoms with Crippen LogP contribution in [0.3, 0.4) is 0 Å². The van der Waals surface area contributed by atoms with E-state index in [9.17, 15) is 0 Å². The normalized spacial score (nSPS) is 17.2. The summed E-state index contributed by atoms with van der Waals surface area (Å²) >= 11 is 9.57. The average molecular weight is 344 g/mol. The van der Waals surface area contributed by atoms with Gasteiger partial charge in [-0.1, -0.05) is 15.9 Å². The molecule has 1 aromatic carbocycles. The van der Waals surface area contributed by atoms with Crippen molar-refractivity contribution in [3.8, 4) is 0 Å². The highest BCUT2D eigenvalue weighted by Gasteiger charge is 2.18. The van der Waals surface area contributed by atoms with Crippen LogP contribution in [0.15, 0.2) is 22.7 Å². The number of imidazole rings is 1. The number of halogens is 2. The predicted molar refractivity (Wildman–Crippen MR) is 80.5 cm³/mol. The molecule has 0 amide bonds. The largest absolute Gasteiger partial charge is 0.381 e. The molecule has 1 aliphatic rings. The first-order valence-corrected chi connectivity index (χ1v) is 7.89. The molecule has 0 unspecified atom stereocenters. The molecule has 1 aromatic heterocycles. The van der Waals surface area contributed by atoms with Crippen LogP contribution < -0.4 is 0 Å². The lowest BCUT2D eigenvalue weighted by molar-refractivity contribution is 0.0614. The Kier molecular flexibility index (Phi) is 4.10. The summed E-state index contributed by atoms with van der Waals surface area (Å²) in [5.41, 5.74) is 2.18. The van der Waals surface area contributed by atoms with Gasteiger partial charge in [-0.05, 0) is 37.0 Å². The van der Waals surface area contributed by atoms with Crippen LogP contribution in [0.25, 0.3) is 11.0 Å². The summed E-state index contributed by atoms with van der Waals surface area (Å²) in [5.74, 6) is 2.07. The number of alkyl halides is 1. The maximum absolute atomic E-state index is 6.04. The third kappa shape index (κ3) is 2.81. The van der Waals surface area contributed by atoms with Gasteiger partial charge in [-0.2, -0.15) is 0 Å². The number of fused-ring (bicyclic) bond motifs is 1. The molecular weight excluding hydrogens is 328 g/mol. The molecule has 0 spiro atoms. The molecular formula is C14H16BrClN2O. The number of nitrogens with zero attached hydrogens (tertiary/aromatic N) is 2. The molecule has 3 nitrogen and oxygen atoms in total. The number of ether oxygens (including phenoxy) is 1. The molecule has 3 rings (SSSR count). The van der Waals surface area contributed by atoms with Crippen molar-refractivity contribution in [3.63, 3.8) is 0 Å². The second kappa shape index (κ2) is 5.81. The number of hydrogen-bond donors (Lipinski definition) is 0. The molecule has 1 saturated heterocycles. The minimum atomic E-state index is 0.454. The Bertz CT molecular complexity index is 578. The highest BCUT2D eigenvalue weighted by molar-refractivity contribution is 9.10. The highest BCUT2D eigenvalue weighted by Crippen LogP contribution is 2.25. The third-order valence-electron chi connectivity index (χ3n) is 3.69. The van der Waals surface area contributed by atoms with Gasteiger partial charge in [0.05, 0.1) is 16.9 Å². The fourth-order valence-corrected chi connectivity index (χ4v) is 3.19. The number of benzene rings is 1. The van der Waals surface area contributed by atoms with Gasteiger partial charge in [0, 0.05) is 24.2 Å². The lowest BCUT2D eigenvalue weighted by atomic mass is 10.0. The zero-order chi connectivity index (χ0) is 13.2. The molecule has 0 aliphatic carbocycles. The van der Waals surface area contributed by atoms with Gasteiger partial charge in [-0.3, -0.25) is 0 Å². The first-order chi connectivity index (χ1) is 9.28. The monoisotopic (exact) mass is 342 g/mol. The quantitative estimate of drug-likeness (QED) is 0.789. The SMILES string of the molecule is ClCc1nc2ccc(Br)cc2n1CC1CCOCC1. The maximum Gasteiger partial charge on any atom is 0.124 e. The Balaban J connectivity index is 1.97. The van der Waals surface area contributed by atoms with Crippen LogP contribution in [0.2, 0.25) is 0 Å². The van der Waals surface area contributed by atoms with Crippen LogP contribution in [-0.2, 0) is 17.2 Å².